The third-order valence-corrected chi connectivity index (χ3v) is 2.26. The van der Waals surface area contributed by atoms with Gasteiger partial charge in [0.1, 0.15) is 6.54 Å². The van der Waals surface area contributed by atoms with Crippen LogP contribution in [0.1, 0.15) is 0 Å². The van der Waals surface area contributed by atoms with E-state index in [4.69, 9.17) is 0 Å². The second kappa shape index (κ2) is 6.48. The largest absolute Gasteiger partial charge is 0.468 e. The Balaban J connectivity index is 2.47. The first kappa shape index (κ1) is 13.8. The lowest BCUT2D eigenvalue weighted by atomic mass is 10.2. The van der Waals surface area contributed by atoms with Crippen molar-refractivity contribution in [2.45, 2.75) is 0 Å². The van der Waals surface area contributed by atoms with Crippen LogP contribution in [0.15, 0.2) is 24.3 Å². The lowest BCUT2D eigenvalue weighted by molar-refractivity contribution is -0.139. The van der Waals surface area contributed by atoms with Gasteiger partial charge in [0.2, 0.25) is 0 Å². The molecule has 98 valence electrons. The molecule has 0 fully saturated rings. The van der Waals surface area contributed by atoms with E-state index in [0.717, 1.165) is 5.69 Å². The first-order valence-corrected chi connectivity index (χ1v) is 5.42. The zero-order chi connectivity index (χ0) is 13.5. The standard InChI is InChI=1S/C12H17N3O3/c1-15(2)10-6-4-9(5-7-10)14-12(17)13-8-11(16)18-3/h4-7H,8H2,1-3H3,(H2,13,14,17). The zero-order valence-electron chi connectivity index (χ0n) is 10.7. The third kappa shape index (κ3) is 4.32. The minimum Gasteiger partial charge on any atom is -0.468 e. The minimum absolute atomic E-state index is 0.155. The number of methoxy groups -OCH3 is 1. The number of anilines is 2. The fraction of sp³-hybridized carbons (Fsp3) is 0.333. The Morgan fingerprint density at radius 3 is 2.33 bits per heavy atom. The predicted molar refractivity (Wildman–Crippen MR) is 69.8 cm³/mol. The number of benzene rings is 1. The highest BCUT2D eigenvalue weighted by Gasteiger charge is 2.05. The Kier molecular flexibility index (Phi) is 4.98. The van der Waals surface area contributed by atoms with Crippen LogP contribution in [-0.2, 0) is 9.53 Å². The van der Waals surface area contributed by atoms with E-state index in [-0.39, 0.29) is 6.54 Å². The molecule has 0 spiro atoms. The molecule has 0 atom stereocenters. The third-order valence-electron chi connectivity index (χ3n) is 2.26. The van der Waals surface area contributed by atoms with Crippen molar-refractivity contribution in [3.05, 3.63) is 24.3 Å². The maximum atomic E-state index is 11.4. The van der Waals surface area contributed by atoms with Gasteiger partial charge in [0.05, 0.1) is 7.11 Å². The molecular weight excluding hydrogens is 234 g/mol. The summed E-state index contributed by atoms with van der Waals surface area (Å²) in [6.45, 7) is -0.155. The van der Waals surface area contributed by atoms with Gasteiger partial charge in [-0.3, -0.25) is 4.79 Å². The Bertz CT molecular complexity index is 415. The van der Waals surface area contributed by atoms with Crippen LogP contribution in [0.2, 0.25) is 0 Å². The van der Waals surface area contributed by atoms with Crippen LogP contribution >= 0.6 is 0 Å². The van der Waals surface area contributed by atoms with Crippen LogP contribution in [0.4, 0.5) is 16.2 Å². The van der Waals surface area contributed by atoms with Gasteiger partial charge in [-0.25, -0.2) is 4.79 Å². The van der Waals surface area contributed by atoms with Crippen LogP contribution in [-0.4, -0.2) is 39.8 Å². The topological polar surface area (TPSA) is 70.7 Å². The van der Waals surface area contributed by atoms with Gasteiger partial charge in [0.25, 0.3) is 0 Å². The second-order valence-electron chi connectivity index (χ2n) is 3.83. The molecule has 0 aromatic heterocycles. The van der Waals surface area contributed by atoms with E-state index in [2.05, 4.69) is 15.4 Å². The van der Waals surface area contributed by atoms with Crippen LogP contribution in [0.3, 0.4) is 0 Å². The Morgan fingerprint density at radius 1 is 1.22 bits per heavy atom. The van der Waals surface area contributed by atoms with E-state index in [0.29, 0.717) is 5.69 Å². The average molecular weight is 251 g/mol. The number of hydrogen-bond acceptors (Lipinski definition) is 4. The van der Waals surface area contributed by atoms with Crippen LogP contribution < -0.4 is 15.5 Å². The summed E-state index contributed by atoms with van der Waals surface area (Å²) in [7, 11) is 5.14. The number of carbonyl (C=O) groups is 2. The van der Waals surface area contributed by atoms with E-state index in [9.17, 15) is 9.59 Å². The molecule has 0 saturated carbocycles. The summed E-state index contributed by atoms with van der Waals surface area (Å²) in [6, 6.07) is 6.89. The number of urea groups is 1. The molecule has 1 aromatic carbocycles. The highest BCUT2D eigenvalue weighted by molar-refractivity contribution is 5.91. The summed E-state index contributed by atoms with van der Waals surface area (Å²) in [5.74, 6) is -0.492. The number of amides is 2. The molecule has 18 heavy (non-hydrogen) atoms. The molecule has 0 aliphatic carbocycles. The summed E-state index contributed by atoms with van der Waals surface area (Å²) >= 11 is 0. The highest BCUT2D eigenvalue weighted by Crippen LogP contribution is 2.15. The van der Waals surface area contributed by atoms with Crippen molar-refractivity contribution in [2.24, 2.45) is 0 Å². The van der Waals surface area contributed by atoms with Crippen LogP contribution in [0.5, 0.6) is 0 Å². The van der Waals surface area contributed by atoms with Crippen molar-refractivity contribution in [3.63, 3.8) is 0 Å². The van der Waals surface area contributed by atoms with Crippen LogP contribution in [0.25, 0.3) is 0 Å². The Hall–Kier alpha value is -2.24. The predicted octanol–water partition coefficient (Wildman–Crippen LogP) is 1.05. The first-order chi connectivity index (χ1) is 8.52. The van der Waals surface area contributed by atoms with Crippen LogP contribution in [0, 0.1) is 0 Å². The molecule has 2 amide bonds. The van der Waals surface area contributed by atoms with Gasteiger partial charge in [-0.2, -0.15) is 0 Å². The van der Waals surface area contributed by atoms with Gasteiger partial charge < -0.3 is 20.3 Å². The SMILES string of the molecule is COC(=O)CNC(=O)Nc1ccc(N(C)C)cc1. The van der Waals surface area contributed by atoms with Crippen molar-refractivity contribution < 1.29 is 14.3 Å². The van der Waals surface area contributed by atoms with Gasteiger partial charge in [0, 0.05) is 25.5 Å². The molecule has 0 unspecified atom stereocenters. The molecular formula is C12H17N3O3. The Morgan fingerprint density at radius 2 is 1.83 bits per heavy atom. The van der Waals surface area contributed by atoms with Crippen molar-refractivity contribution in [1.29, 1.82) is 0 Å². The molecule has 2 N–H and O–H groups in total. The van der Waals surface area contributed by atoms with Crippen molar-refractivity contribution in [3.8, 4) is 0 Å². The lowest BCUT2D eigenvalue weighted by Gasteiger charge is -2.13. The second-order valence-corrected chi connectivity index (χ2v) is 3.83. The molecule has 0 heterocycles. The van der Waals surface area contributed by atoms with Gasteiger partial charge in [-0.15, -0.1) is 0 Å². The molecule has 0 aliphatic rings. The number of nitrogens with one attached hydrogen (secondary N) is 2. The lowest BCUT2D eigenvalue weighted by Crippen LogP contribution is -2.33. The summed E-state index contributed by atoms with van der Waals surface area (Å²) in [5.41, 5.74) is 1.69. The normalized spacial score (nSPS) is 9.50. The van der Waals surface area contributed by atoms with E-state index >= 15 is 0 Å². The number of esters is 1. The molecule has 1 rings (SSSR count). The summed E-state index contributed by atoms with van der Waals surface area (Å²) in [5, 5.41) is 5.00. The molecule has 0 aliphatic heterocycles. The number of hydrogen-bond donors (Lipinski definition) is 2. The smallest absolute Gasteiger partial charge is 0.325 e. The zero-order valence-corrected chi connectivity index (χ0v) is 10.7. The number of rotatable bonds is 4. The van der Waals surface area contributed by atoms with Gasteiger partial charge in [-0.05, 0) is 24.3 Å². The highest BCUT2D eigenvalue weighted by atomic mass is 16.5. The fourth-order valence-electron chi connectivity index (χ4n) is 1.24. The summed E-state index contributed by atoms with van der Waals surface area (Å²) < 4.78 is 4.41. The fourth-order valence-corrected chi connectivity index (χ4v) is 1.24. The molecule has 6 heteroatoms. The van der Waals surface area contributed by atoms with Crippen molar-refractivity contribution in [2.75, 3.05) is 38.0 Å². The van der Waals surface area contributed by atoms with Gasteiger partial charge >= 0.3 is 12.0 Å². The molecule has 0 bridgehead atoms. The maximum Gasteiger partial charge on any atom is 0.325 e. The summed E-state index contributed by atoms with van der Waals surface area (Å²) in [4.78, 5) is 24.2. The van der Waals surface area contributed by atoms with E-state index < -0.39 is 12.0 Å². The van der Waals surface area contributed by atoms with E-state index in [1.54, 1.807) is 12.1 Å². The number of ether oxygens (including phenoxy) is 1. The molecule has 0 saturated heterocycles. The minimum atomic E-state index is -0.492. The van der Waals surface area contributed by atoms with E-state index in [1.807, 2.05) is 31.1 Å². The van der Waals surface area contributed by atoms with Gasteiger partial charge in [0.15, 0.2) is 0 Å². The monoisotopic (exact) mass is 251 g/mol. The molecule has 6 nitrogen and oxygen atoms in total. The number of nitrogens with zero attached hydrogens (tertiary/aromatic N) is 1. The van der Waals surface area contributed by atoms with Gasteiger partial charge in [-0.1, -0.05) is 0 Å². The molecule has 0 radical (unpaired) electrons. The van der Waals surface area contributed by atoms with Crippen molar-refractivity contribution >= 4 is 23.4 Å². The number of carbonyl (C=O) groups excluding carboxylic acids is 2. The maximum absolute atomic E-state index is 11.4. The quantitative estimate of drug-likeness (QED) is 0.785. The summed E-state index contributed by atoms with van der Waals surface area (Å²) in [6.07, 6.45) is 0. The molecule has 1 aromatic rings. The van der Waals surface area contributed by atoms with E-state index in [1.165, 1.54) is 7.11 Å². The average Bonchev–Trinajstić information content (AvgIpc) is 2.36. The first-order valence-electron chi connectivity index (χ1n) is 5.42. The van der Waals surface area contributed by atoms with Crippen molar-refractivity contribution in [1.82, 2.24) is 5.32 Å². The Labute approximate surface area is 106 Å².